The van der Waals surface area contributed by atoms with Crippen molar-refractivity contribution < 1.29 is 19.1 Å². The zero-order valence-corrected chi connectivity index (χ0v) is 12.6. The van der Waals surface area contributed by atoms with Crippen molar-refractivity contribution in [2.45, 2.75) is 38.6 Å². The van der Waals surface area contributed by atoms with Crippen molar-refractivity contribution in [3.05, 3.63) is 29.6 Å². The summed E-state index contributed by atoms with van der Waals surface area (Å²) < 4.78 is 13.1. The second-order valence-electron chi connectivity index (χ2n) is 5.46. The fourth-order valence-electron chi connectivity index (χ4n) is 2.77. The quantitative estimate of drug-likeness (QED) is 0.845. The molecule has 1 fully saturated rings. The molecule has 0 aromatic heterocycles. The van der Waals surface area contributed by atoms with Crippen LogP contribution in [0.3, 0.4) is 0 Å². The number of hydrogen-bond acceptors (Lipinski definition) is 3. The second-order valence-corrected chi connectivity index (χ2v) is 5.46. The molecule has 2 N–H and O–H groups in total. The summed E-state index contributed by atoms with van der Waals surface area (Å²) >= 11 is 0. The molecule has 1 aliphatic heterocycles. The van der Waals surface area contributed by atoms with Gasteiger partial charge in [0.1, 0.15) is 11.6 Å². The van der Waals surface area contributed by atoms with Crippen LogP contribution in [-0.2, 0) is 4.79 Å². The first-order valence-corrected chi connectivity index (χ1v) is 7.59. The Hall–Kier alpha value is -2.11. The second kappa shape index (κ2) is 7.24. The van der Waals surface area contributed by atoms with Crippen molar-refractivity contribution in [1.29, 1.82) is 0 Å². The highest BCUT2D eigenvalue weighted by Crippen LogP contribution is 2.19. The number of halogens is 1. The Kier molecular flexibility index (Phi) is 5.35. The maximum atomic E-state index is 13.1. The lowest BCUT2D eigenvalue weighted by Gasteiger charge is -2.26. The van der Waals surface area contributed by atoms with Crippen LogP contribution in [0.25, 0.3) is 0 Å². The van der Waals surface area contributed by atoms with Gasteiger partial charge in [-0.1, -0.05) is 6.92 Å². The molecular formula is C16H21FN2O3. The standard InChI is InChI=1S/C16H21FN2O3/c1-2-12(19-9-3-4-15(19)21)7-8-18-16(22)13-10-11(17)5-6-14(13)20/h5-6,10,12,20H,2-4,7-9H2,1H3,(H,18,22)/t12-/m0/s1. The van der Waals surface area contributed by atoms with E-state index in [0.717, 1.165) is 37.6 Å². The van der Waals surface area contributed by atoms with E-state index in [1.54, 1.807) is 0 Å². The number of benzene rings is 1. The average molecular weight is 308 g/mol. The molecule has 0 unspecified atom stereocenters. The predicted octanol–water partition coefficient (Wildman–Crippen LogP) is 2.05. The van der Waals surface area contributed by atoms with Crippen LogP contribution in [0.4, 0.5) is 4.39 Å². The summed E-state index contributed by atoms with van der Waals surface area (Å²) in [4.78, 5) is 25.6. The van der Waals surface area contributed by atoms with Crippen LogP contribution in [-0.4, -0.2) is 41.0 Å². The first-order valence-electron chi connectivity index (χ1n) is 7.59. The van der Waals surface area contributed by atoms with Crippen molar-refractivity contribution in [2.75, 3.05) is 13.1 Å². The van der Waals surface area contributed by atoms with Crippen molar-refractivity contribution in [1.82, 2.24) is 10.2 Å². The first-order chi connectivity index (χ1) is 10.5. The van der Waals surface area contributed by atoms with E-state index in [0.29, 0.717) is 19.4 Å². The normalized spacial score (nSPS) is 15.9. The van der Waals surface area contributed by atoms with Gasteiger partial charge in [-0.25, -0.2) is 4.39 Å². The van der Waals surface area contributed by atoms with Crippen LogP contribution in [0.15, 0.2) is 18.2 Å². The monoisotopic (exact) mass is 308 g/mol. The largest absolute Gasteiger partial charge is 0.507 e. The minimum Gasteiger partial charge on any atom is -0.507 e. The van der Waals surface area contributed by atoms with E-state index >= 15 is 0 Å². The molecule has 0 aliphatic carbocycles. The van der Waals surface area contributed by atoms with Gasteiger partial charge in [-0.15, -0.1) is 0 Å². The highest BCUT2D eigenvalue weighted by molar-refractivity contribution is 5.96. The van der Waals surface area contributed by atoms with E-state index < -0.39 is 11.7 Å². The summed E-state index contributed by atoms with van der Waals surface area (Å²) in [5.41, 5.74) is -0.0784. The molecule has 1 aromatic carbocycles. The fraction of sp³-hybridized carbons (Fsp3) is 0.500. The summed E-state index contributed by atoms with van der Waals surface area (Å²) in [6, 6.07) is 3.36. The van der Waals surface area contributed by atoms with Crippen LogP contribution < -0.4 is 5.32 Å². The Morgan fingerprint density at radius 1 is 1.50 bits per heavy atom. The minimum atomic E-state index is -0.572. The zero-order valence-electron chi connectivity index (χ0n) is 12.6. The lowest BCUT2D eigenvalue weighted by atomic mass is 10.1. The predicted molar refractivity (Wildman–Crippen MR) is 80.0 cm³/mol. The number of amides is 2. The molecule has 22 heavy (non-hydrogen) atoms. The molecule has 6 heteroatoms. The molecule has 2 rings (SSSR count). The van der Waals surface area contributed by atoms with Gasteiger partial charge in [0.25, 0.3) is 5.91 Å². The Morgan fingerprint density at radius 2 is 2.27 bits per heavy atom. The number of likely N-dealkylation sites (tertiary alicyclic amines) is 1. The van der Waals surface area contributed by atoms with E-state index in [4.69, 9.17) is 0 Å². The topological polar surface area (TPSA) is 69.6 Å². The van der Waals surface area contributed by atoms with E-state index in [-0.39, 0.29) is 23.3 Å². The molecule has 0 spiro atoms. The van der Waals surface area contributed by atoms with Gasteiger partial charge in [-0.3, -0.25) is 9.59 Å². The highest BCUT2D eigenvalue weighted by atomic mass is 19.1. The summed E-state index contributed by atoms with van der Waals surface area (Å²) in [6.45, 7) is 3.16. The van der Waals surface area contributed by atoms with Gasteiger partial charge in [-0.2, -0.15) is 0 Å². The third-order valence-electron chi connectivity index (χ3n) is 3.99. The third-order valence-corrected chi connectivity index (χ3v) is 3.99. The number of hydrogen-bond donors (Lipinski definition) is 2. The highest BCUT2D eigenvalue weighted by Gasteiger charge is 2.26. The number of carbonyl (C=O) groups excluding carboxylic acids is 2. The van der Waals surface area contributed by atoms with Gasteiger partial charge in [-0.05, 0) is 37.5 Å². The number of phenols is 1. The summed E-state index contributed by atoms with van der Waals surface area (Å²) in [7, 11) is 0. The Labute approximate surface area is 129 Å². The third kappa shape index (κ3) is 3.75. The molecule has 5 nitrogen and oxygen atoms in total. The molecule has 1 aromatic rings. The van der Waals surface area contributed by atoms with Crippen LogP contribution in [0.2, 0.25) is 0 Å². The van der Waals surface area contributed by atoms with Gasteiger partial charge < -0.3 is 15.3 Å². The maximum absolute atomic E-state index is 13.1. The smallest absolute Gasteiger partial charge is 0.255 e. The van der Waals surface area contributed by atoms with E-state index in [1.165, 1.54) is 0 Å². The van der Waals surface area contributed by atoms with Crippen LogP contribution in [0, 0.1) is 5.82 Å². The minimum absolute atomic E-state index is 0.0784. The molecule has 0 radical (unpaired) electrons. The number of aromatic hydroxyl groups is 1. The van der Waals surface area contributed by atoms with Gasteiger partial charge in [0.05, 0.1) is 5.56 Å². The van der Waals surface area contributed by atoms with Crippen LogP contribution >= 0.6 is 0 Å². The van der Waals surface area contributed by atoms with Gasteiger partial charge in [0.15, 0.2) is 0 Å². The molecule has 2 amide bonds. The Bertz CT molecular complexity index is 562. The first kappa shape index (κ1) is 16.3. The van der Waals surface area contributed by atoms with E-state index in [2.05, 4.69) is 5.32 Å². The number of phenolic OH excluding ortho intramolecular Hbond substituents is 1. The molecule has 0 bridgehead atoms. The molecule has 120 valence electrons. The molecule has 1 atom stereocenters. The van der Waals surface area contributed by atoms with Crippen molar-refractivity contribution in [3.63, 3.8) is 0 Å². The van der Waals surface area contributed by atoms with Gasteiger partial charge in [0, 0.05) is 25.6 Å². The molecule has 1 heterocycles. The maximum Gasteiger partial charge on any atom is 0.255 e. The number of rotatable bonds is 6. The number of nitrogens with one attached hydrogen (secondary N) is 1. The summed E-state index contributed by atoms with van der Waals surface area (Å²) in [5.74, 6) is -1.17. The van der Waals surface area contributed by atoms with Crippen molar-refractivity contribution >= 4 is 11.8 Å². The molecular weight excluding hydrogens is 287 g/mol. The molecule has 1 saturated heterocycles. The SMILES string of the molecule is CC[C@@H](CCNC(=O)c1cc(F)ccc1O)N1CCCC1=O. The van der Waals surface area contributed by atoms with E-state index in [1.807, 2.05) is 11.8 Å². The summed E-state index contributed by atoms with van der Waals surface area (Å²) in [6.07, 6.45) is 2.95. The fourth-order valence-corrected chi connectivity index (χ4v) is 2.77. The van der Waals surface area contributed by atoms with Crippen molar-refractivity contribution in [2.24, 2.45) is 0 Å². The van der Waals surface area contributed by atoms with Gasteiger partial charge in [0.2, 0.25) is 5.91 Å². The van der Waals surface area contributed by atoms with Crippen molar-refractivity contribution in [3.8, 4) is 5.75 Å². The van der Waals surface area contributed by atoms with Crippen LogP contribution in [0.1, 0.15) is 43.0 Å². The molecule has 0 saturated carbocycles. The molecule has 1 aliphatic rings. The van der Waals surface area contributed by atoms with Gasteiger partial charge >= 0.3 is 0 Å². The Balaban J connectivity index is 1.88. The lowest BCUT2D eigenvalue weighted by Crippen LogP contribution is -2.38. The number of carbonyl (C=O) groups is 2. The zero-order chi connectivity index (χ0) is 16.1. The Morgan fingerprint density at radius 3 is 2.91 bits per heavy atom. The average Bonchev–Trinajstić information content (AvgIpc) is 2.92. The van der Waals surface area contributed by atoms with Crippen LogP contribution in [0.5, 0.6) is 5.75 Å². The lowest BCUT2D eigenvalue weighted by molar-refractivity contribution is -0.129. The number of nitrogens with zero attached hydrogens (tertiary/aromatic N) is 1. The summed E-state index contributed by atoms with van der Waals surface area (Å²) in [5, 5.41) is 12.3. The van der Waals surface area contributed by atoms with E-state index in [9.17, 15) is 19.1 Å².